The molecule has 1 aromatic heterocycles. The van der Waals surface area contributed by atoms with Crippen molar-refractivity contribution in [2.24, 2.45) is 0 Å². The number of rotatable bonds is 5. The van der Waals surface area contributed by atoms with Gasteiger partial charge in [-0.15, -0.1) is 0 Å². The number of carbonyl (C=O) groups is 1. The van der Waals surface area contributed by atoms with Crippen molar-refractivity contribution in [2.45, 2.75) is 12.6 Å². The van der Waals surface area contributed by atoms with Gasteiger partial charge in [-0.3, -0.25) is 9.78 Å². The minimum Gasteiger partial charge on any atom is -0.503 e. The molecular formula is C23H19BrN2O3. The lowest BCUT2D eigenvalue weighted by Gasteiger charge is -2.27. The average Bonchev–Trinajstić information content (AvgIpc) is 3.00. The summed E-state index contributed by atoms with van der Waals surface area (Å²) in [6, 6.07) is 18.5. The molecule has 2 heterocycles. The zero-order chi connectivity index (χ0) is 20.4. The summed E-state index contributed by atoms with van der Waals surface area (Å²) in [5.74, 6) is 0.0881. The number of hydrogen-bond donors (Lipinski definition) is 1. The van der Waals surface area contributed by atoms with Crippen molar-refractivity contribution >= 4 is 27.4 Å². The summed E-state index contributed by atoms with van der Waals surface area (Å²) in [6.45, 7) is 0.344. The molecule has 0 bridgehead atoms. The molecule has 0 saturated carbocycles. The van der Waals surface area contributed by atoms with Crippen LogP contribution in [-0.4, -0.2) is 28.0 Å². The van der Waals surface area contributed by atoms with Crippen molar-refractivity contribution in [3.63, 3.8) is 0 Å². The second-order valence-corrected chi connectivity index (χ2v) is 7.65. The van der Waals surface area contributed by atoms with Gasteiger partial charge < -0.3 is 14.7 Å². The Bertz CT molecular complexity index is 1050. The topological polar surface area (TPSA) is 62.7 Å². The zero-order valence-corrected chi connectivity index (χ0v) is 17.3. The quantitative estimate of drug-likeness (QED) is 0.599. The fourth-order valence-corrected chi connectivity index (χ4v) is 3.83. The number of pyridine rings is 1. The van der Waals surface area contributed by atoms with Gasteiger partial charge in [0.1, 0.15) is 5.75 Å². The molecule has 0 spiro atoms. The Morgan fingerprint density at radius 1 is 1.10 bits per heavy atom. The van der Waals surface area contributed by atoms with Crippen molar-refractivity contribution in [1.82, 2.24) is 9.88 Å². The Hall–Kier alpha value is -3.12. The number of nitrogens with zero attached hydrogens (tertiary/aromatic N) is 2. The maximum Gasteiger partial charge on any atom is 0.290 e. The summed E-state index contributed by atoms with van der Waals surface area (Å²) in [6.07, 6.45) is 3.42. The molecule has 29 heavy (non-hydrogen) atoms. The van der Waals surface area contributed by atoms with Crippen molar-refractivity contribution in [3.05, 3.63) is 100.0 Å². The number of aliphatic hydroxyl groups excluding tert-OH is 1. The largest absolute Gasteiger partial charge is 0.503 e. The fraction of sp³-hybridized carbons (Fsp3) is 0.130. The highest BCUT2D eigenvalue weighted by atomic mass is 79.9. The maximum absolute atomic E-state index is 13.0. The molecular weight excluding hydrogens is 432 g/mol. The monoisotopic (exact) mass is 450 g/mol. The number of hydrogen-bond acceptors (Lipinski definition) is 4. The minimum absolute atomic E-state index is 0.230. The van der Waals surface area contributed by atoms with Crippen molar-refractivity contribution in [3.8, 4) is 5.75 Å². The second-order valence-electron chi connectivity index (χ2n) is 6.74. The van der Waals surface area contributed by atoms with Gasteiger partial charge in [0.05, 0.1) is 13.2 Å². The zero-order valence-electron chi connectivity index (χ0n) is 15.7. The Labute approximate surface area is 177 Å². The molecule has 3 aromatic rings. The lowest BCUT2D eigenvalue weighted by Crippen LogP contribution is -2.29. The lowest BCUT2D eigenvalue weighted by molar-refractivity contribution is -0.130. The molecule has 0 saturated heterocycles. The number of benzene rings is 2. The van der Waals surface area contributed by atoms with Crippen LogP contribution in [0.1, 0.15) is 22.7 Å². The van der Waals surface area contributed by atoms with Gasteiger partial charge in [-0.2, -0.15) is 0 Å². The van der Waals surface area contributed by atoms with Crippen LogP contribution in [0, 0.1) is 0 Å². The summed E-state index contributed by atoms with van der Waals surface area (Å²) in [7, 11) is 1.60. The van der Waals surface area contributed by atoms with E-state index in [1.54, 1.807) is 24.4 Å². The van der Waals surface area contributed by atoms with Crippen LogP contribution < -0.4 is 4.74 Å². The van der Waals surface area contributed by atoms with Crippen LogP contribution in [0.2, 0.25) is 0 Å². The second kappa shape index (κ2) is 8.09. The van der Waals surface area contributed by atoms with E-state index >= 15 is 0 Å². The Morgan fingerprint density at radius 3 is 2.45 bits per heavy atom. The molecule has 1 unspecified atom stereocenters. The summed E-state index contributed by atoms with van der Waals surface area (Å²) >= 11 is 3.46. The molecule has 1 aliphatic heterocycles. The Balaban J connectivity index is 1.80. The molecule has 1 aliphatic rings. The van der Waals surface area contributed by atoms with Gasteiger partial charge in [0.2, 0.25) is 0 Å². The van der Waals surface area contributed by atoms with E-state index in [0.29, 0.717) is 17.9 Å². The minimum atomic E-state index is -0.413. The first-order valence-electron chi connectivity index (χ1n) is 9.11. The summed E-state index contributed by atoms with van der Waals surface area (Å²) < 4.78 is 6.18. The van der Waals surface area contributed by atoms with Gasteiger partial charge >= 0.3 is 0 Å². The molecule has 1 N–H and O–H groups in total. The normalized spacial score (nSPS) is 16.4. The van der Waals surface area contributed by atoms with Crippen LogP contribution in [0.5, 0.6) is 5.75 Å². The van der Waals surface area contributed by atoms with Crippen LogP contribution in [0.4, 0.5) is 0 Å². The Morgan fingerprint density at radius 2 is 1.83 bits per heavy atom. The van der Waals surface area contributed by atoms with Crippen LogP contribution in [0.15, 0.2) is 83.3 Å². The fourth-order valence-electron chi connectivity index (χ4n) is 3.56. The molecule has 146 valence electrons. The first-order chi connectivity index (χ1) is 14.1. The first-order valence-corrected chi connectivity index (χ1v) is 9.90. The van der Waals surface area contributed by atoms with Crippen LogP contribution in [0.25, 0.3) is 5.57 Å². The van der Waals surface area contributed by atoms with Gasteiger partial charge in [-0.1, -0.05) is 46.3 Å². The van der Waals surface area contributed by atoms with Gasteiger partial charge in [0, 0.05) is 29.0 Å². The highest BCUT2D eigenvalue weighted by Crippen LogP contribution is 2.44. The number of amides is 1. The molecule has 5 nitrogen and oxygen atoms in total. The molecule has 1 amide bonds. The molecule has 0 aliphatic carbocycles. The number of ether oxygens (including phenoxy) is 1. The van der Waals surface area contributed by atoms with Crippen molar-refractivity contribution in [2.75, 3.05) is 7.11 Å². The predicted molar refractivity (Wildman–Crippen MR) is 114 cm³/mol. The van der Waals surface area contributed by atoms with Crippen LogP contribution in [0.3, 0.4) is 0 Å². The van der Waals surface area contributed by atoms with Gasteiger partial charge in [0.15, 0.2) is 5.76 Å². The van der Waals surface area contributed by atoms with Crippen LogP contribution >= 0.6 is 15.9 Å². The highest BCUT2D eigenvalue weighted by Gasteiger charge is 2.41. The van der Waals surface area contributed by atoms with E-state index in [1.807, 2.05) is 60.7 Å². The summed E-state index contributed by atoms with van der Waals surface area (Å²) in [5.41, 5.74) is 3.18. The lowest BCUT2D eigenvalue weighted by atomic mass is 9.93. The number of aromatic nitrogens is 1. The van der Waals surface area contributed by atoms with E-state index in [1.165, 1.54) is 0 Å². The Kier molecular flexibility index (Phi) is 5.36. The number of aliphatic hydroxyl groups is 1. The molecule has 0 radical (unpaired) electrons. The standard InChI is InChI=1S/C23H19BrN2O3/c1-29-19-10-6-16(7-11-19)20-21(17-4-8-18(24)9-5-17)26(23(28)22(20)27)14-15-3-2-12-25-13-15/h2-13,21,27H,14H2,1H3. The summed E-state index contributed by atoms with van der Waals surface area (Å²) in [5, 5.41) is 10.8. The van der Waals surface area contributed by atoms with E-state index < -0.39 is 11.9 Å². The molecule has 1 atom stereocenters. The number of methoxy groups -OCH3 is 1. The highest BCUT2D eigenvalue weighted by molar-refractivity contribution is 9.10. The smallest absolute Gasteiger partial charge is 0.290 e. The molecule has 4 rings (SSSR count). The van der Waals surface area contributed by atoms with Crippen molar-refractivity contribution < 1.29 is 14.6 Å². The van der Waals surface area contributed by atoms with Gasteiger partial charge in [-0.25, -0.2) is 0 Å². The molecule has 6 heteroatoms. The first kappa shape index (κ1) is 19.2. The van der Waals surface area contributed by atoms with E-state index in [2.05, 4.69) is 20.9 Å². The van der Waals surface area contributed by atoms with E-state index in [9.17, 15) is 9.90 Å². The van der Waals surface area contributed by atoms with E-state index in [4.69, 9.17) is 4.74 Å². The third kappa shape index (κ3) is 3.76. The van der Waals surface area contributed by atoms with Crippen molar-refractivity contribution in [1.29, 1.82) is 0 Å². The van der Waals surface area contributed by atoms with Crippen LogP contribution in [-0.2, 0) is 11.3 Å². The van der Waals surface area contributed by atoms with E-state index in [0.717, 1.165) is 21.2 Å². The predicted octanol–water partition coefficient (Wildman–Crippen LogP) is 4.91. The van der Waals surface area contributed by atoms with Gasteiger partial charge in [-0.05, 0) is 47.0 Å². The number of carbonyl (C=O) groups excluding carboxylic acids is 1. The maximum atomic E-state index is 13.0. The third-order valence-electron chi connectivity index (χ3n) is 4.97. The summed E-state index contributed by atoms with van der Waals surface area (Å²) in [4.78, 5) is 18.8. The number of halogens is 1. The van der Waals surface area contributed by atoms with E-state index in [-0.39, 0.29) is 5.76 Å². The average molecular weight is 451 g/mol. The van der Waals surface area contributed by atoms with Gasteiger partial charge in [0.25, 0.3) is 5.91 Å². The molecule has 2 aromatic carbocycles. The SMILES string of the molecule is COc1ccc(C2=C(O)C(=O)N(Cc3cccnc3)C2c2ccc(Br)cc2)cc1. The molecule has 0 fully saturated rings. The third-order valence-corrected chi connectivity index (χ3v) is 5.49.